The molecule has 1 aromatic heterocycles. The minimum atomic E-state index is -0.119. The van der Waals surface area contributed by atoms with Crippen molar-refractivity contribution >= 4 is 27.7 Å². The molecule has 0 atom stereocenters. The van der Waals surface area contributed by atoms with Gasteiger partial charge in [-0.25, -0.2) is 4.98 Å². The maximum Gasteiger partial charge on any atom is 0.266 e. The number of fused-ring (bicyclic) bond motifs is 1. The van der Waals surface area contributed by atoms with Crippen molar-refractivity contribution in [3.05, 3.63) is 46.6 Å². The Morgan fingerprint density at radius 3 is 3.05 bits per heavy atom. The highest BCUT2D eigenvalue weighted by Crippen LogP contribution is 2.31. The SMILES string of the molecule is Cc1cccc(OCCN2C(=O)COc3ccc(Br)nc32)c1. The van der Waals surface area contributed by atoms with Gasteiger partial charge in [0, 0.05) is 0 Å². The number of hydrogen-bond acceptors (Lipinski definition) is 4. The highest BCUT2D eigenvalue weighted by Gasteiger charge is 2.26. The van der Waals surface area contributed by atoms with Gasteiger partial charge in [0.15, 0.2) is 18.2 Å². The zero-order valence-electron chi connectivity index (χ0n) is 12.1. The molecule has 3 rings (SSSR count). The summed E-state index contributed by atoms with van der Waals surface area (Å²) in [5.74, 6) is 1.81. The van der Waals surface area contributed by atoms with Gasteiger partial charge in [-0.2, -0.15) is 0 Å². The smallest absolute Gasteiger partial charge is 0.266 e. The summed E-state index contributed by atoms with van der Waals surface area (Å²) in [6.07, 6.45) is 0. The molecule has 1 aliphatic rings. The third-order valence-corrected chi connectivity index (χ3v) is 3.73. The first-order chi connectivity index (χ1) is 10.6. The monoisotopic (exact) mass is 362 g/mol. The number of aryl methyl sites for hydroxylation is 1. The van der Waals surface area contributed by atoms with E-state index in [4.69, 9.17) is 9.47 Å². The number of hydrogen-bond donors (Lipinski definition) is 0. The summed E-state index contributed by atoms with van der Waals surface area (Å²) >= 11 is 3.31. The second-order valence-electron chi connectivity index (χ2n) is 4.95. The Kier molecular flexibility index (Phi) is 4.29. The van der Waals surface area contributed by atoms with Crippen LogP contribution in [0.4, 0.5) is 5.82 Å². The van der Waals surface area contributed by atoms with Gasteiger partial charge in [0.05, 0.1) is 6.54 Å². The Balaban J connectivity index is 1.70. The Morgan fingerprint density at radius 2 is 2.23 bits per heavy atom. The molecule has 6 heteroatoms. The van der Waals surface area contributed by atoms with E-state index in [-0.39, 0.29) is 12.5 Å². The molecule has 2 heterocycles. The predicted octanol–water partition coefficient (Wildman–Crippen LogP) is 2.96. The lowest BCUT2D eigenvalue weighted by Gasteiger charge is -2.28. The first-order valence-electron chi connectivity index (χ1n) is 6.92. The molecule has 2 aromatic rings. The maximum atomic E-state index is 12.1. The van der Waals surface area contributed by atoms with E-state index in [0.29, 0.717) is 29.3 Å². The van der Waals surface area contributed by atoms with Gasteiger partial charge >= 0.3 is 0 Å². The van der Waals surface area contributed by atoms with E-state index >= 15 is 0 Å². The van der Waals surface area contributed by atoms with E-state index in [1.54, 1.807) is 17.0 Å². The number of pyridine rings is 1. The number of rotatable bonds is 4. The van der Waals surface area contributed by atoms with Crippen LogP contribution in [0.15, 0.2) is 41.0 Å². The van der Waals surface area contributed by atoms with Crippen molar-refractivity contribution in [2.24, 2.45) is 0 Å². The molecule has 1 aromatic carbocycles. The van der Waals surface area contributed by atoms with E-state index < -0.39 is 0 Å². The number of amides is 1. The van der Waals surface area contributed by atoms with E-state index in [1.807, 2.05) is 31.2 Å². The van der Waals surface area contributed by atoms with Crippen molar-refractivity contribution in [3.63, 3.8) is 0 Å². The van der Waals surface area contributed by atoms with Crippen molar-refractivity contribution in [2.75, 3.05) is 24.7 Å². The quantitative estimate of drug-likeness (QED) is 0.784. The Hall–Kier alpha value is -2.08. The molecule has 22 heavy (non-hydrogen) atoms. The summed E-state index contributed by atoms with van der Waals surface area (Å²) in [4.78, 5) is 18.0. The number of halogens is 1. The van der Waals surface area contributed by atoms with Gasteiger partial charge in [-0.3, -0.25) is 9.69 Å². The van der Waals surface area contributed by atoms with Gasteiger partial charge in [-0.05, 0) is 52.7 Å². The number of carbonyl (C=O) groups excluding carboxylic acids is 1. The molecule has 0 N–H and O–H groups in total. The summed E-state index contributed by atoms with van der Waals surface area (Å²) < 4.78 is 11.8. The van der Waals surface area contributed by atoms with Crippen molar-refractivity contribution < 1.29 is 14.3 Å². The Morgan fingerprint density at radius 1 is 1.36 bits per heavy atom. The van der Waals surface area contributed by atoms with Crippen molar-refractivity contribution in [2.45, 2.75) is 6.92 Å². The topological polar surface area (TPSA) is 51.7 Å². The number of aromatic nitrogens is 1. The number of benzene rings is 1. The molecule has 0 fully saturated rings. The third kappa shape index (κ3) is 3.22. The average Bonchev–Trinajstić information content (AvgIpc) is 2.50. The first kappa shape index (κ1) is 14.8. The van der Waals surface area contributed by atoms with Crippen LogP contribution in [0.1, 0.15) is 5.56 Å². The summed E-state index contributed by atoms with van der Waals surface area (Å²) in [5, 5.41) is 0. The molecule has 1 aliphatic heterocycles. The normalized spacial score (nSPS) is 13.5. The van der Waals surface area contributed by atoms with Crippen molar-refractivity contribution in [1.29, 1.82) is 0 Å². The second-order valence-corrected chi connectivity index (χ2v) is 5.77. The highest BCUT2D eigenvalue weighted by molar-refractivity contribution is 9.10. The van der Waals surface area contributed by atoms with E-state index in [9.17, 15) is 4.79 Å². The molecule has 5 nitrogen and oxygen atoms in total. The van der Waals surface area contributed by atoms with Crippen LogP contribution in [0.2, 0.25) is 0 Å². The van der Waals surface area contributed by atoms with Crippen LogP contribution in [0.3, 0.4) is 0 Å². The van der Waals surface area contributed by atoms with E-state index in [2.05, 4.69) is 20.9 Å². The van der Waals surface area contributed by atoms with Crippen LogP contribution in [0, 0.1) is 6.92 Å². The third-order valence-electron chi connectivity index (χ3n) is 3.29. The van der Waals surface area contributed by atoms with Crippen LogP contribution in [0.25, 0.3) is 0 Å². The van der Waals surface area contributed by atoms with Gasteiger partial charge in [-0.15, -0.1) is 0 Å². The summed E-state index contributed by atoms with van der Waals surface area (Å²) in [6, 6.07) is 11.4. The predicted molar refractivity (Wildman–Crippen MR) is 86.5 cm³/mol. The number of anilines is 1. The van der Waals surface area contributed by atoms with Crippen LogP contribution >= 0.6 is 15.9 Å². The minimum absolute atomic E-state index is 0.0285. The van der Waals surface area contributed by atoms with Crippen LogP contribution in [-0.4, -0.2) is 30.6 Å². The van der Waals surface area contributed by atoms with Crippen LogP contribution < -0.4 is 14.4 Å². The van der Waals surface area contributed by atoms with Crippen molar-refractivity contribution in [1.82, 2.24) is 4.98 Å². The van der Waals surface area contributed by atoms with E-state index in [0.717, 1.165) is 11.3 Å². The van der Waals surface area contributed by atoms with Crippen LogP contribution in [0.5, 0.6) is 11.5 Å². The lowest BCUT2D eigenvalue weighted by Crippen LogP contribution is -2.41. The molecule has 0 saturated carbocycles. The van der Waals surface area contributed by atoms with Crippen molar-refractivity contribution in [3.8, 4) is 11.5 Å². The fourth-order valence-corrected chi connectivity index (χ4v) is 2.54. The molecule has 114 valence electrons. The molecular weight excluding hydrogens is 348 g/mol. The molecule has 0 radical (unpaired) electrons. The summed E-state index contributed by atoms with van der Waals surface area (Å²) in [5.41, 5.74) is 1.14. The number of nitrogens with zero attached hydrogens (tertiary/aromatic N) is 2. The van der Waals surface area contributed by atoms with Gasteiger partial charge in [0.1, 0.15) is 17.0 Å². The lowest BCUT2D eigenvalue weighted by atomic mass is 10.2. The largest absolute Gasteiger partial charge is 0.492 e. The number of ether oxygens (including phenoxy) is 2. The molecule has 0 bridgehead atoms. The van der Waals surface area contributed by atoms with Gasteiger partial charge in [-0.1, -0.05) is 12.1 Å². The molecule has 0 unspecified atom stereocenters. The second kappa shape index (κ2) is 6.36. The fraction of sp³-hybridized carbons (Fsp3) is 0.250. The average molecular weight is 363 g/mol. The maximum absolute atomic E-state index is 12.1. The Bertz CT molecular complexity index is 706. The zero-order valence-corrected chi connectivity index (χ0v) is 13.7. The summed E-state index contributed by atoms with van der Waals surface area (Å²) in [6.45, 7) is 2.85. The standard InChI is InChI=1S/C16H15BrN2O3/c1-11-3-2-4-12(9-11)21-8-7-19-15(20)10-22-13-5-6-14(17)18-16(13)19/h2-6,9H,7-8,10H2,1H3. The fourth-order valence-electron chi connectivity index (χ4n) is 2.24. The summed E-state index contributed by atoms with van der Waals surface area (Å²) in [7, 11) is 0. The molecule has 1 amide bonds. The molecule has 0 saturated heterocycles. The van der Waals surface area contributed by atoms with Gasteiger partial charge in [0.2, 0.25) is 0 Å². The lowest BCUT2D eigenvalue weighted by molar-refractivity contribution is -0.121. The van der Waals surface area contributed by atoms with Gasteiger partial charge in [0.25, 0.3) is 5.91 Å². The minimum Gasteiger partial charge on any atom is -0.492 e. The highest BCUT2D eigenvalue weighted by atomic mass is 79.9. The number of carbonyl (C=O) groups is 1. The van der Waals surface area contributed by atoms with E-state index in [1.165, 1.54) is 0 Å². The molecule has 0 aliphatic carbocycles. The Labute approximate surface area is 137 Å². The van der Waals surface area contributed by atoms with Crippen LogP contribution in [-0.2, 0) is 4.79 Å². The van der Waals surface area contributed by atoms with Gasteiger partial charge < -0.3 is 9.47 Å². The zero-order chi connectivity index (χ0) is 15.5. The molecular formula is C16H15BrN2O3. The first-order valence-corrected chi connectivity index (χ1v) is 7.72. The molecule has 0 spiro atoms.